The first kappa shape index (κ1) is 15.0. The van der Waals surface area contributed by atoms with Crippen LogP contribution in [0.1, 0.15) is 15.9 Å². The molecule has 3 N–H and O–H groups in total. The van der Waals surface area contributed by atoms with Crippen LogP contribution in [0.5, 0.6) is 0 Å². The van der Waals surface area contributed by atoms with Gasteiger partial charge in [-0.15, -0.1) is 0 Å². The van der Waals surface area contributed by atoms with Crippen LogP contribution < -0.4 is 11.1 Å². The molecule has 3 nitrogen and oxygen atoms in total. The van der Waals surface area contributed by atoms with Crippen LogP contribution in [-0.2, 0) is 0 Å². The monoisotopic (exact) mass is 368 g/mol. The molecule has 0 aliphatic carbocycles. The highest BCUT2D eigenvalue weighted by atomic mass is 79.9. The maximum absolute atomic E-state index is 12.1. The van der Waals surface area contributed by atoms with Gasteiger partial charge in [0, 0.05) is 26.3 Å². The second kappa shape index (κ2) is 6.35. The number of hydrogen-bond acceptors (Lipinski definition) is 2. The molecule has 0 saturated heterocycles. The van der Waals surface area contributed by atoms with Crippen LogP contribution in [0.3, 0.4) is 0 Å². The Morgan fingerprint density at radius 2 is 1.80 bits per heavy atom. The van der Waals surface area contributed by atoms with E-state index in [0.717, 1.165) is 10.0 Å². The van der Waals surface area contributed by atoms with Gasteiger partial charge in [0.15, 0.2) is 0 Å². The first-order chi connectivity index (χ1) is 9.45. The molecule has 2 aromatic carbocycles. The average Bonchev–Trinajstić information content (AvgIpc) is 2.38. The van der Waals surface area contributed by atoms with E-state index in [1.54, 1.807) is 42.5 Å². The number of thiocarbonyl (C=S) groups is 1. The van der Waals surface area contributed by atoms with Crippen LogP contribution >= 0.6 is 39.7 Å². The Labute approximate surface area is 135 Å². The number of nitrogens with one attached hydrogen (secondary N) is 1. The van der Waals surface area contributed by atoms with E-state index in [9.17, 15) is 4.79 Å². The fraction of sp³-hybridized carbons (Fsp3) is 0. The van der Waals surface area contributed by atoms with Crippen LogP contribution in [-0.4, -0.2) is 10.9 Å². The van der Waals surface area contributed by atoms with Gasteiger partial charge >= 0.3 is 0 Å². The lowest BCUT2D eigenvalue weighted by Crippen LogP contribution is -2.13. The lowest BCUT2D eigenvalue weighted by molar-refractivity contribution is 0.102. The van der Waals surface area contributed by atoms with Gasteiger partial charge in [0.05, 0.1) is 0 Å². The van der Waals surface area contributed by atoms with Crippen molar-refractivity contribution in [1.82, 2.24) is 0 Å². The molecule has 102 valence electrons. The molecule has 0 fully saturated rings. The molecule has 0 unspecified atom stereocenters. The van der Waals surface area contributed by atoms with E-state index >= 15 is 0 Å². The Balaban J connectivity index is 2.16. The van der Waals surface area contributed by atoms with Gasteiger partial charge in [-0.25, -0.2) is 0 Å². The van der Waals surface area contributed by atoms with Crippen LogP contribution in [0.2, 0.25) is 5.02 Å². The summed E-state index contributed by atoms with van der Waals surface area (Å²) in [5.74, 6) is -0.240. The van der Waals surface area contributed by atoms with E-state index in [2.05, 4.69) is 21.2 Å². The van der Waals surface area contributed by atoms with E-state index < -0.39 is 0 Å². The molecule has 0 spiro atoms. The lowest BCUT2D eigenvalue weighted by atomic mass is 10.2. The minimum atomic E-state index is -0.240. The molecule has 0 aliphatic heterocycles. The zero-order valence-electron chi connectivity index (χ0n) is 10.2. The third kappa shape index (κ3) is 3.79. The average molecular weight is 370 g/mol. The van der Waals surface area contributed by atoms with Crippen LogP contribution in [0.25, 0.3) is 0 Å². The first-order valence-corrected chi connectivity index (χ1v) is 7.21. The van der Waals surface area contributed by atoms with Crippen LogP contribution in [0.15, 0.2) is 46.9 Å². The Morgan fingerprint density at radius 3 is 2.35 bits per heavy atom. The summed E-state index contributed by atoms with van der Waals surface area (Å²) < 4.78 is 0.749. The smallest absolute Gasteiger partial charge is 0.255 e. The number of halogens is 2. The number of anilines is 1. The number of carbonyl (C=O) groups is 1. The van der Waals surface area contributed by atoms with E-state index in [-0.39, 0.29) is 5.91 Å². The number of rotatable bonds is 3. The molecule has 20 heavy (non-hydrogen) atoms. The summed E-state index contributed by atoms with van der Waals surface area (Å²) in [6, 6.07) is 12.0. The molecule has 0 bridgehead atoms. The Bertz CT molecular complexity index is 653. The van der Waals surface area contributed by atoms with Gasteiger partial charge in [0.1, 0.15) is 4.99 Å². The maximum Gasteiger partial charge on any atom is 0.255 e. The van der Waals surface area contributed by atoms with Crippen molar-refractivity contribution in [1.29, 1.82) is 0 Å². The molecule has 2 rings (SSSR count). The van der Waals surface area contributed by atoms with Crippen molar-refractivity contribution in [2.24, 2.45) is 5.73 Å². The van der Waals surface area contributed by atoms with Crippen molar-refractivity contribution in [2.45, 2.75) is 0 Å². The highest BCUT2D eigenvalue weighted by Crippen LogP contribution is 2.20. The van der Waals surface area contributed by atoms with Crippen molar-refractivity contribution in [3.63, 3.8) is 0 Å². The van der Waals surface area contributed by atoms with Crippen molar-refractivity contribution in [3.8, 4) is 0 Å². The van der Waals surface area contributed by atoms with Gasteiger partial charge in [-0.1, -0.05) is 39.7 Å². The van der Waals surface area contributed by atoms with Crippen molar-refractivity contribution in [3.05, 3.63) is 63.1 Å². The largest absolute Gasteiger partial charge is 0.389 e. The van der Waals surface area contributed by atoms with Gasteiger partial charge in [0.2, 0.25) is 0 Å². The van der Waals surface area contributed by atoms with Gasteiger partial charge in [-0.3, -0.25) is 4.79 Å². The predicted molar refractivity (Wildman–Crippen MR) is 89.4 cm³/mol. The topological polar surface area (TPSA) is 55.1 Å². The molecular formula is C14H10BrClN2OS. The number of benzene rings is 2. The summed E-state index contributed by atoms with van der Waals surface area (Å²) in [7, 11) is 0. The SMILES string of the molecule is NC(=S)c1ccc(NC(=O)c2cc(Cl)cc(Br)c2)cc1. The summed E-state index contributed by atoms with van der Waals surface area (Å²) >= 11 is 14.1. The molecule has 0 saturated carbocycles. The zero-order valence-corrected chi connectivity index (χ0v) is 13.3. The van der Waals surface area contributed by atoms with Gasteiger partial charge < -0.3 is 11.1 Å². The summed E-state index contributed by atoms with van der Waals surface area (Å²) in [5.41, 5.74) is 7.40. The molecule has 0 aromatic heterocycles. The normalized spacial score (nSPS) is 10.1. The van der Waals surface area contributed by atoms with Crippen molar-refractivity contribution >= 4 is 56.3 Å². The van der Waals surface area contributed by atoms with Crippen molar-refractivity contribution in [2.75, 3.05) is 5.32 Å². The molecule has 0 aliphatic rings. The third-order valence-electron chi connectivity index (χ3n) is 2.55. The molecule has 0 heterocycles. The number of nitrogens with two attached hydrogens (primary N) is 1. The molecule has 6 heteroatoms. The lowest BCUT2D eigenvalue weighted by Gasteiger charge is -2.07. The molecular weight excluding hydrogens is 360 g/mol. The van der Waals surface area contributed by atoms with Crippen LogP contribution in [0.4, 0.5) is 5.69 Å². The van der Waals surface area contributed by atoms with Gasteiger partial charge in [0.25, 0.3) is 5.91 Å². The van der Waals surface area contributed by atoms with E-state index in [4.69, 9.17) is 29.6 Å². The molecule has 1 amide bonds. The third-order valence-corrected chi connectivity index (χ3v) is 3.46. The predicted octanol–water partition coefficient (Wildman–Crippen LogP) is 3.99. The molecule has 2 aromatic rings. The molecule has 0 atom stereocenters. The summed E-state index contributed by atoms with van der Waals surface area (Å²) in [6.07, 6.45) is 0. The van der Waals surface area contributed by atoms with Gasteiger partial charge in [-0.2, -0.15) is 0 Å². The number of hydrogen-bond donors (Lipinski definition) is 2. The van der Waals surface area contributed by atoms with Crippen LogP contribution in [0, 0.1) is 0 Å². The number of carbonyl (C=O) groups excluding carboxylic acids is 1. The van der Waals surface area contributed by atoms with Crippen molar-refractivity contribution < 1.29 is 4.79 Å². The quantitative estimate of drug-likeness (QED) is 0.804. The minimum Gasteiger partial charge on any atom is -0.389 e. The minimum absolute atomic E-state index is 0.240. The Hall–Kier alpha value is -1.43. The molecule has 0 radical (unpaired) electrons. The van der Waals surface area contributed by atoms with E-state index in [0.29, 0.717) is 21.3 Å². The summed E-state index contributed by atoms with van der Waals surface area (Å²) in [5, 5.41) is 3.27. The summed E-state index contributed by atoms with van der Waals surface area (Å²) in [6.45, 7) is 0. The maximum atomic E-state index is 12.1. The van der Waals surface area contributed by atoms with Gasteiger partial charge in [-0.05, 0) is 42.5 Å². The highest BCUT2D eigenvalue weighted by molar-refractivity contribution is 9.10. The summed E-state index contributed by atoms with van der Waals surface area (Å²) in [4.78, 5) is 12.4. The first-order valence-electron chi connectivity index (χ1n) is 5.63. The zero-order chi connectivity index (χ0) is 14.7. The van der Waals surface area contributed by atoms with E-state index in [1.807, 2.05) is 0 Å². The fourth-order valence-corrected chi connectivity index (χ4v) is 2.60. The second-order valence-electron chi connectivity index (χ2n) is 4.05. The Morgan fingerprint density at radius 1 is 1.15 bits per heavy atom. The van der Waals surface area contributed by atoms with E-state index in [1.165, 1.54) is 0 Å². The Kier molecular flexibility index (Phi) is 4.75. The fourth-order valence-electron chi connectivity index (χ4n) is 1.61. The number of amides is 1. The second-order valence-corrected chi connectivity index (χ2v) is 5.85. The standard InChI is InChI=1S/C14H10BrClN2OS/c15-10-5-9(6-11(16)7-10)14(19)18-12-3-1-8(2-4-12)13(17)20/h1-7H,(H2,17,20)(H,18,19). The highest BCUT2D eigenvalue weighted by Gasteiger charge is 2.08.